The molecule has 0 saturated heterocycles. The van der Waals surface area contributed by atoms with Gasteiger partial charge in [-0.3, -0.25) is 10.1 Å². The van der Waals surface area contributed by atoms with Crippen molar-refractivity contribution in [3.8, 4) is 0 Å². The van der Waals surface area contributed by atoms with Gasteiger partial charge in [0.05, 0.1) is 0 Å². The van der Waals surface area contributed by atoms with Gasteiger partial charge in [0.1, 0.15) is 5.54 Å². The summed E-state index contributed by atoms with van der Waals surface area (Å²) in [6.07, 6.45) is 4.72. The van der Waals surface area contributed by atoms with Gasteiger partial charge in [0.2, 0.25) is 0 Å². The van der Waals surface area contributed by atoms with Gasteiger partial charge in [-0.15, -0.1) is 11.8 Å². The number of benzene rings is 1. The molecule has 2 saturated carbocycles. The molecule has 0 heterocycles. The molecule has 2 atom stereocenters. The molecule has 0 amide bonds. The number of aliphatic carboxylic acids is 1. The molecule has 0 aliphatic heterocycles. The second-order valence-electron chi connectivity index (χ2n) is 6.05. The highest BCUT2D eigenvalue weighted by Gasteiger charge is 2.48. The number of rotatable bonds is 5. The summed E-state index contributed by atoms with van der Waals surface area (Å²) in [5, 5.41) is 13.4. The Kier molecular flexibility index (Phi) is 3.78. The zero-order valence-electron chi connectivity index (χ0n) is 11.8. The molecule has 4 heteroatoms. The van der Waals surface area contributed by atoms with Crippen molar-refractivity contribution in [2.45, 2.75) is 60.8 Å². The van der Waals surface area contributed by atoms with Crippen LogP contribution in [0.3, 0.4) is 0 Å². The van der Waals surface area contributed by atoms with Crippen LogP contribution in [0.5, 0.6) is 0 Å². The third-order valence-electron chi connectivity index (χ3n) is 4.32. The largest absolute Gasteiger partial charge is 0.480 e. The number of hydrogen-bond acceptors (Lipinski definition) is 3. The summed E-state index contributed by atoms with van der Waals surface area (Å²) in [5.41, 5.74) is 0.599. The first-order valence-electron chi connectivity index (χ1n) is 7.32. The molecule has 2 fully saturated rings. The molecule has 1 aromatic carbocycles. The van der Waals surface area contributed by atoms with Crippen LogP contribution < -0.4 is 5.32 Å². The van der Waals surface area contributed by atoms with E-state index in [-0.39, 0.29) is 0 Å². The molecule has 0 bridgehead atoms. The van der Waals surface area contributed by atoms with E-state index in [9.17, 15) is 9.90 Å². The Labute approximate surface area is 124 Å². The lowest BCUT2D eigenvalue weighted by atomic mass is 9.98. The van der Waals surface area contributed by atoms with Crippen LogP contribution in [-0.2, 0) is 4.79 Å². The molecule has 1 aromatic rings. The Hall–Kier alpha value is -1.00. The molecular weight excluding hydrogens is 270 g/mol. The van der Waals surface area contributed by atoms with Crippen molar-refractivity contribution >= 4 is 17.7 Å². The van der Waals surface area contributed by atoms with E-state index >= 15 is 0 Å². The summed E-state index contributed by atoms with van der Waals surface area (Å²) in [4.78, 5) is 13.0. The van der Waals surface area contributed by atoms with Crippen molar-refractivity contribution in [1.29, 1.82) is 0 Å². The molecule has 2 unspecified atom stereocenters. The average Bonchev–Trinajstić information content (AvgIpc) is 3.12. The second-order valence-corrected chi connectivity index (χ2v) is 7.40. The molecule has 2 aliphatic carbocycles. The van der Waals surface area contributed by atoms with Gasteiger partial charge in [-0.1, -0.05) is 18.2 Å². The van der Waals surface area contributed by atoms with Gasteiger partial charge in [0.15, 0.2) is 0 Å². The minimum absolute atomic E-state index is 0.401. The van der Waals surface area contributed by atoms with Gasteiger partial charge in [-0.2, -0.15) is 0 Å². The van der Waals surface area contributed by atoms with Crippen LogP contribution in [0.15, 0.2) is 29.2 Å². The molecule has 3 rings (SSSR count). The van der Waals surface area contributed by atoms with Gasteiger partial charge in [0, 0.05) is 16.2 Å². The maximum Gasteiger partial charge on any atom is 0.323 e. The van der Waals surface area contributed by atoms with Crippen LogP contribution in [0.25, 0.3) is 0 Å². The lowest BCUT2D eigenvalue weighted by molar-refractivity contribution is -0.144. The second kappa shape index (κ2) is 5.41. The SMILES string of the molecule is Cc1ccccc1SC1CCC(NC2CC2)(C(=O)O)C1. The molecule has 108 valence electrons. The fourth-order valence-corrected chi connectivity index (χ4v) is 4.35. The Bertz CT molecular complexity index is 515. The minimum atomic E-state index is -0.679. The van der Waals surface area contributed by atoms with Crippen LogP contribution in [0, 0.1) is 6.92 Å². The zero-order chi connectivity index (χ0) is 14.2. The summed E-state index contributed by atoms with van der Waals surface area (Å²) in [5.74, 6) is -0.669. The molecule has 3 nitrogen and oxygen atoms in total. The van der Waals surface area contributed by atoms with E-state index in [0.717, 1.165) is 32.1 Å². The van der Waals surface area contributed by atoms with Gasteiger partial charge in [0.25, 0.3) is 0 Å². The lowest BCUT2D eigenvalue weighted by Crippen LogP contribution is -2.51. The van der Waals surface area contributed by atoms with Crippen molar-refractivity contribution in [3.05, 3.63) is 29.8 Å². The molecule has 2 aliphatic rings. The van der Waals surface area contributed by atoms with Crippen molar-refractivity contribution in [1.82, 2.24) is 5.32 Å². The maximum absolute atomic E-state index is 11.7. The van der Waals surface area contributed by atoms with Crippen molar-refractivity contribution in [3.63, 3.8) is 0 Å². The Morgan fingerprint density at radius 2 is 2.10 bits per heavy atom. The molecule has 2 N–H and O–H groups in total. The summed E-state index contributed by atoms with van der Waals surface area (Å²) in [6.45, 7) is 2.12. The van der Waals surface area contributed by atoms with Crippen LogP contribution >= 0.6 is 11.8 Å². The van der Waals surface area contributed by atoms with Gasteiger partial charge < -0.3 is 5.11 Å². The highest BCUT2D eigenvalue weighted by molar-refractivity contribution is 8.00. The number of thioether (sulfide) groups is 1. The first kappa shape index (κ1) is 14.0. The van der Waals surface area contributed by atoms with Crippen molar-refractivity contribution in [2.75, 3.05) is 0 Å². The number of aryl methyl sites for hydroxylation is 1. The topological polar surface area (TPSA) is 49.3 Å². The first-order chi connectivity index (χ1) is 9.59. The molecule has 20 heavy (non-hydrogen) atoms. The van der Waals surface area contributed by atoms with E-state index in [1.165, 1.54) is 10.5 Å². The molecule has 0 radical (unpaired) electrons. The number of nitrogens with one attached hydrogen (secondary N) is 1. The summed E-state index contributed by atoms with van der Waals surface area (Å²) in [6, 6.07) is 8.79. The van der Waals surface area contributed by atoms with Crippen LogP contribution in [0.1, 0.15) is 37.7 Å². The van der Waals surface area contributed by atoms with E-state index in [0.29, 0.717) is 11.3 Å². The third-order valence-corrected chi connectivity index (χ3v) is 5.77. The van der Waals surface area contributed by atoms with Gasteiger partial charge >= 0.3 is 5.97 Å². The number of carboxylic acid groups (broad SMARTS) is 1. The standard InChI is InChI=1S/C16H21NO2S/c1-11-4-2-3-5-14(11)20-13-8-9-16(10-13,15(18)19)17-12-6-7-12/h2-5,12-13,17H,6-10H2,1H3,(H,18,19). The van der Waals surface area contributed by atoms with Crippen molar-refractivity contribution < 1.29 is 9.90 Å². The van der Waals surface area contributed by atoms with E-state index in [2.05, 4.69) is 30.4 Å². The van der Waals surface area contributed by atoms with E-state index < -0.39 is 11.5 Å². The summed E-state index contributed by atoms with van der Waals surface area (Å²) >= 11 is 1.84. The fraction of sp³-hybridized carbons (Fsp3) is 0.562. The maximum atomic E-state index is 11.7. The smallest absolute Gasteiger partial charge is 0.323 e. The predicted molar refractivity (Wildman–Crippen MR) is 81.2 cm³/mol. The Morgan fingerprint density at radius 1 is 1.35 bits per heavy atom. The van der Waals surface area contributed by atoms with Gasteiger partial charge in [-0.25, -0.2) is 0 Å². The number of carboxylic acids is 1. The van der Waals surface area contributed by atoms with Gasteiger partial charge in [-0.05, 0) is 50.7 Å². The number of hydrogen-bond donors (Lipinski definition) is 2. The van der Waals surface area contributed by atoms with Crippen LogP contribution in [0.4, 0.5) is 0 Å². The van der Waals surface area contributed by atoms with E-state index in [1.54, 1.807) is 0 Å². The van der Waals surface area contributed by atoms with Crippen molar-refractivity contribution in [2.24, 2.45) is 0 Å². The fourth-order valence-electron chi connectivity index (χ4n) is 2.97. The molecule has 0 spiro atoms. The lowest BCUT2D eigenvalue weighted by Gasteiger charge is -2.26. The molecular formula is C16H21NO2S. The average molecular weight is 291 g/mol. The quantitative estimate of drug-likeness (QED) is 0.874. The number of carbonyl (C=O) groups is 1. The first-order valence-corrected chi connectivity index (χ1v) is 8.20. The zero-order valence-corrected chi connectivity index (χ0v) is 12.6. The monoisotopic (exact) mass is 291 g/mol. The van der Waals surface area contributed by atoms with E-state index in [1.807, 2.05) is 17.8 Å². The highest BCUT2D eigenvalue weighted by Crippen LogP contribution is 2.42. The highest BCUT2D eigenvalue weighted by atomic mass is 32.2. The predicted octanol–water partition coefficient (Wildman–Crippen LogP) is 3.22. The van der Waals surface area contributed by atoms with E-state index in [4.69, 9.17) is 0 Å². The Balaban J connectivity index is 1.68. The Morgan fingerprint density at radius 3 is 2.75 bits per heavy atom. The summed E-state index contributed by atoms with van der Waals surface area (Å²) in [7, 11) is 0. The van der Waals surface area contributed by atoms with Crippen LogP contribution in [-0.4, -0.2) is 27.9 Å². The summed E-state index contributed by atoms with van der Waals surface area (Å²) < 4.78 is 0. The normalized spacial score (nSPS) is 29.6. The minimum Gasteiger partial charge on any atom is -0.480 e. The van der Waals surface area contributed by atoms with Crippen LogP contribution in [0.2, 0.25) is 0 Å². The molecule has 0 aromatic heterocycles. The third kappa shape index (κ3) is 2.86.